The van der Waals surface area contributed by atoms with Gasteiger partial charge in [-0.3, -0.25) is 9.20 Å². The minimum absolute atomic E-state index is 0.681. The lowest BCUT2D eigenvalue weighted by Gasteiger charge is -2.33. The summed E-state index contributed by atoms with van der Waals surface area (Å²) in [6.45, 7) is 4.17. The van der Waals surface area contributed by atoms with Gasteiger partial charge >= 0.3 is 5.97 Å². The van der Waals surface area contributed by atoms with Crippen LogP contribution < -0.4 is 0 Å². The number of hydrogen-bond acceptors (Lipinski definition) is 2. The Hall–Kier alpha value is -3.14. The average Bonchev–Trinajstić information content (AvgIpc) is 3.08. The zero-order chi connectivity index (χ0) is 21.6. The number of carbonyl (C=O) groups is 1. The van der Waals surface area contributed by atoms with E-state index in [1.807, 2.05) is 19.1 Å². The van der Waals surface area contributed by atoms with Gasteiger partial charge in [0.25, 0.3) is 0 Å². The van der Waals surface area contributed by atoms with E-state index in [9.17, 15) is 9.90 Å². The second-order valence-electron chi connectivity index (χ2n) is 9.02. The van der Waals surface area contributed by atoms with Crippen molar-refractivity contribution in [1.29, 1.82) is 0 Å². The summed E-state index contributed by atoms with van der Waals surface area (Å²) in [4.78, 5) is 17.0. The second-order valence-corrected chi connectivity index (χ2v) is 9.02. The average molecular weight is 413 g/mol. The molecule has 2 aromatic heterocycles. The predicted molar refractivity (Wildman–Crippen MR) is 124 cm³/mol. The third kappa shape index (κ3) is 3.21. The molecule has 0 unspecified atom stereocenters. The largest absolute Gasteiger partial charge is 0.481 e. The SMILES string of the molecule is Cc1cc(C)n2c(n1)c(Cc1ccc(C3(C(=O)O)CCCCC3)cc1)c1ccccc12. The van der Waals surface area contributed by atoms with Gasteiger partial charge in [-0.05, 0) is 49.9 Å². The molecule has 0 spiro atoms. The van der Waals surface area contributed by atoms with E-state index in [-0.39, 0.29) is 0 Å². The smallest absolute Gasteiger partial charge is 0.314 e. The Bertz CT molecular complexity index is 1280. The van der Waals surface area contributed by atoms with E-state index in [0.29, 0.717) is 0 Å². The first kappa shape index (κ1) is 19.8. The number of aliphatic carboxylic acids is 1. The molecule has 2 aromatic carbocycles. The van der Waals surface area contributed by atoms with Gasteiger partial charge in [0, 0.05) is 28.8 Å². The summed E-state index contributed by atoms with van der Waals surface area (Å²) >= 11 is 0. The first-order chi connectivity index (χ1) is 15.0. The second kappa shape index (κ2) is 7.52. The van der Waals surface area contributed by atoms with Crippen molar-refractivity contribution in [3.8, 4) is 0 Å². The maximum absolute atomic E-state index is 12.2. The van der Waals surface area contributed by atoms with Crippen molar-refractivity contribution in [3.63, 3.8) is 0 Å². The van der Waals surface area contributed by atoms with Gasteiger partial charge < -0.3 is 5.11 Å². The van der Waals surface area contributed by atoms with Gasteiger partial charge in [-0.15, -0.1) is 0 Å². The molecule has 5 rings (SSSR count). The zero-order valence-electron chi connectivity index (χ0n) is 18.2. The van der Waals surface area contributed by atoms with Gasteiger partial charge in [0.15, 0.2) is 0 Å². The van der Waals surface area contributed by atoms with Crippen molar-refractivity contribution in [3.05, 3.63) is 82.7 Å². The molecular formula is C27H28N2O2. The molecule has 4 heteroatoms. The Morgan fingerprint density at radius 2 is 1.74 bits per heavy atom. The number of rotatable bonds is 4. The summed E-state index contributed by atoms with van der Waals surface area (Å²) in [5, 5.41) is 11.2. The fraction of sp³-hybridized carbons (Fsp3) is 0.333. The summed E-state index contributed by atoms with van der Waals surface area (Å²) in [6.07, 6.45) is 5.35. The normalized spacial score (nSPS) is 16.1. The maximum Gasteiger partial charge on any atom is 0.314 e. The van der Waals surface area contributed by atoms with Gasteiger partial charge in [-0.1, -0.05) is 61.7 Å². The number of fused-ring (bicyclic) bond motifs is 3. The minimum atomic E-state index is -0.720. The van der Waals surface area contributed by atoms with Crippen molar-refractivity contribution in [1.82, 2.24) is 9.38 Å². The van der Waals surface area contributed by atoms with Crippen LogP contribution in [0.25, 0.3) is 16.6 Å². The lowest BCUT2D eigenvalue weighted by molar-refractivity contribution is -0.145. The summed E-state index contributed by atoms with van der Waals surface area (Å²) < 4.78 is 2.24. The molecule has 0 saturated heterocycles. The van der Waals surface area contributed by atoms with Gasteiger partial charge in [-0.2, -0.15) is 0 Å². The molecule has 0 bridgehead atoms. The number of hydrogen-bond donors (Lipinski definition) is 1. The van der Waals surface area contributed by atoms with Crippen LogP contribution in [0.5, 0.6) is 0 Å². The maximum atomic E-state index is 12.2. The fourth-order valence-corrected chi connectivity index (χ4v) is 5.44. The lowest BCUT2D eigenvalue weighted by atomic mass is 9.69. The molecule has 0 aliphatic heterocycles. The molecule has 4 aromatic rings. The Morgan fingerprint density at radius 3 is 2.45 bits per heavy atom. The van der Waals surface area contributed by atoms with Gasteiger partial charge in [-0.25, -0.2) is 4.98 Å². The Morgan fingerprint density at radius 1 is 1.03 bits per heavy atom. The van der Waals surface area contributed by atoms with Crippen molar-refractivity contribution >= 4 is 22.5 Å². The van der Waals surface area contributed by atoms with Crippen molar-refractivity contribution in [2.24, 2.45) is 0 Å². The molecule has 1 fully saturated rings. The molecule has 1 aliphatic rings. The molecule has 0 atom stereocenters. The Labute approximate surface area is 182 Å². The molecule has 1 aliphatic carbocycles. The quantitative estimate of drug-likeness (QED) is 0.448. The highest BCUT2D eigenvalue weighted by molar-refractivity contribution is 5.91. The van der Waals surface area contributed by atoms with Crippen LogP contribution in [0, 0.1) is 13.8 Å². The zero-order valence-corrected chi connectivity index (χ0v) is 18.2. The number of carboxylic acids is 1. The standard InChI is InChI=1S/C27H28N2O2/c1-18-16-19(2)29-24-9-5-4-8-22(24)23(25(29)28-18)17-20-10-12-21(13-11-20)27(26(30)31)14-6-3-7-15-27/h4-5,8-13,16H,3,6-7,14-15,17H2,1-2H3,(H,30,31). The molecule has 1 N–H and O–H groups in total. The fourth-order valence-electron chi connectivity index (χ4n) is 5.44. The van der Waals surface area contributed by atoms with Crippen LogP contribution in [-0.4, -0.2) is 20.5 Å². The molecule has 0 amide bonds. The first-order valence-electron chi connectivity index (χ1n) is 11.2. The lowest BCUT2D eigenvalue weighted by Crippen LogP contribution is -2.37. The van der Waals surface area contributed by atoms with E-state index < -0.39 is 11.4 Å². The highest BCUT2D eigenvalue weighted by Crippen LogP contribution is 2.40. The van der Waals surface area contributed by atoms with Crippen molar-refractivity contribution in [2.45, 2.75) is 57.8 Å². The van der Waals surface area contributed by atoms with Crippen LogP contribution in [0.15, 0.2) is 54.6 Å². The van der Waals surface area contributed by atoms with E-state index in [1.165, 1.54) is 27.7 Å². The van der Waals surface area contributed by atoms with Crippen LogP contribution in [0.2, 0.25) is 0 Å². The van der Waals surface area contributed by atoms with E-state index in [1.54, 1.807) is 0 Å². The monoisotopic (exact) mass is 412 g/mol. The van der Waals surface area contributed by atoms with Crippen LogP contribution in [-0.2, 0) is 16.6 Å². The summed E-state index contributed by atoms with van der Waals surface area (Å²) in [5.74, 6) is -0.681. The molecular weight excluding hydrogens is 384 g/mol. The Balaban J connectivity index is 1.57. The molecule has 2 heterocycles. The number of carboxylic acid groups (broad SMARTS) is 1. The van der Waals surface area contributed by atoms with Crippen LogP contribution >= 0.6 is 0 Å². The van der Waals surface area contributed by atoms with Crippen molar-refractivity contribution in [2.75, 3.05) is 0 Å². The summed E-state index contributed by atoms with van der Waals surface area (Å²) in [7, 11) is 0. The van der Waals surface area contributed by atoms with Crippen LogP contribution in [0.3, 0.4) is 0 Å². The predicted octanol–water partition coefficient (Wildman–Crippen LogP) is 5.98. The minimum Gasteiger partial charge on any atom is -0.481 e. The van der Waals surface area contributed by atoms with E-state index in [0.717, 1.165) is 55.4 Å². The number of aryl methyl sites for hydroxylation is 2. The topological polar surface area (TPSA) is 54.6 Å². The van der Waals surface area contributed by atoms with Gasteiger partial charge in [0.1, 0.15) is 5.65 Å². The van der Waals surface area contributed by atoms with Gasteiger partial charge in [0.2, 0.25) is 0 Å². The van der Waals surface area contributed by atoms with Crippen molar-refractivity contribution < 1.29 is 9.90 Å². The van der Waals surface area contributed by atoms with E-state index in [4.69, 9.17) is 4.98 Å². The van der Waals surface area contributed by atoms with Crippen LogP contribution in [0.1, 0.15) is 60.2 Å². The number of para-hydroxylation sites is 1. The van der Waals surface area contributed by atoms with E-state index in [2.05, 4.69) is 53.8 Å². The molecule has 158 valence electrons. The van der Waals surface area contributed by atoms with Crippen LogP contribution in [0.4, 0.5) is 0 Å². The highest BCUT2D eigenvalue weighted by atomic mass is 16.4. The van der Waals surface area contributed by atoms with E-state index >= 15 is 0 Å². The number of benzene rings is 2. The Kier molecular flexibility index (Phi) is 4.81. The molecule has 1 saturated carbocycles. The third-order valence-electron chi connectivity index (χ3n) is 7.01. The summed E-state index contributed by atoms with van der Waals surface area (Å²) in [5.41, 5.74) is 7.02. The van der Waals surface area contributed by atoms with Gasteiger partial charge in [0.05, 0.1) is 10.9 Å². The summed E-state index contributed by atoms with van der Waals surface area (Å²) in [6, 6.07) is 18.9. The highest BCUT2D eigenvalue weighted by Gasteiger charge is 2.41. The molecule has 4 nitrogen and oxygen atoms in total. The third-order valence-corrected chi connectivity index (χ3v) is 7.01. The number of aromatic nitrogens is 2. The molecule has 0 radical (unpaired) electrons. The molecule has 31 heavy (non-hydrogen) atoms. The first-order valence-corrected chi connectivity index (χ1v) is 11.2. The number of nitrogens with zero attached hydrogens (tertiary/aromatic N) is 2.